The van der Waals surface area contributed by atoms with Crippen molar-refractivity contribution in [2.75, 3.05) is 57.7 Å². The number of nitrogens with zero attached hydrogens (tertiary/aromatic N) is 4. The summed E-state index contributed by atoms with van der Waals surface area (Å²) in [6.07, 6.45) is 4.27. The lowest BCUT2D eigenvalue weighted by Gasteiger charge is -2.41. The molecule has 2 aromatic rings. The van der Waals surface area contributed by atoms with Crippen molar-refractivity contribution in [1.82, 2.24) is 25.1 Å². The predicted octanol–water partition coefficient (Wildman–Crippen LogP) is 4.21. The summed E-state index contributed by atoms with van der Waals surface area (Å²) in [4.78, 5) is 59.6. The second-order valence-electron chi connectivity index (χ2n) is 13.9. The molecule has 1 atom stereocenters. The molecule has 6 rings (SSSR count). The minimum absolute atomic E-state index is 0.00582. The van der Waals surface area contributed by atoms with E-state index >= 15 is 0 Å². The summed E-state index contributed by atoms with van der Waals surface area (Å²) in [5, 5.41) is 21.9. The van der Waals surface area contributed by atoms with E-state index in [4.69, 9.17) is 9.94 Å². The molecule has 4 heterocycles. The summed E-state index contributed by atoms with van der Waals surface area (Å²) in [6, 6.07) is 12.7. The Balaban J connectivity index is 1.04. The highest BCUT2D eigenvalue weighted by Crippen LogP contribution is 2.33. The number of nitrogens with one attached hydrogen (secondary N) is 2. The molecule has 14 heteroatoms. The molecule has 4 N–H and O–H groups in total. The number of hydroxylamine groups is 1. The van der Waals surface area contributed by atoms with Crippen molar-refractivity contribution in [3.63, 3.8) is 0 Å². The van der Waals surface area contributed by atoms with Gasteiger partial charge in [0.15, 0.2) is 6.10 Å². The summed E-state index contributed by atoms with van der Waals surface area (Å²) in [5.74, 6) is 0.457. The number of benzene rings is 2. The Hall–Kier alpha value is -3.88. The third kappa shape index (κ3) is 8.70. The molecule has 13 nitrogen and oxygen atoms in total. The lowest BCUT2D eigenvalue weighted by Crippen LogP contribution is -2.52. The van der Waals surface area contributed by atoms with Crippen LogP contribution in [0.2, 0.25) is 0 Å². The molecule has 50 heavy (non-hydrogen) atoms. The minimum atomic E-state index is -1.02. The molecule has 270 valence electrons. The topological polar surface area (TPSA) is 155 Å². The lowest BCUT2D eigenvalue weighted by atomic mass is 9.78. The van der Waals surface area contributed by atoms with Gasteiger partial charge >= 0.3 is 12.1 Å². The highest BCUT2D eigenvalue weighted by molar-refractivity contribution is 9.10. The molecule has 4 aliphatic rings. The van der Waals surface area contributed by atoms with Crippen LogP contribution in [0.4, 0.5) is 15.3 Å². The van der Waals surface area contributed by atoms with Crippen LogP contribution >= 0.6 is 15.9 Å². The van der Waals surface area contributed by atoms with E-state index in [1.165, 1.54) is 0 Å². The van der Waals surface area contributed by atoms with Crippen LogP contribution in [0.25, 0.3) is 0 Å². The van der Waals surface area contributed by atoms with Crippen molar-refractivity contribution in [3.8, 4) is 5.75 Å². The van der Waals surface area contributed by atoms with Gasteiger partial charge < -0.3 is 29.9 Å². The van der Waals surface area contributed by atoms with Crippen LogP contribution in [-0.2, 0) is 27.2 Å². The number of carbonyl (C=O) groups excluding carboxylic acids is 4. The number of piperidine rings is 3. The number of aromatic hydroxyl groups is 1. The van der Waals surface area contributed by atoms with Gasteiger partial charge in [0.25, 0.3) is 11.8 Å². The maximum absolute atomic E-state index is 14.0. The average molecular weight is 756 g/mol. The fraction of sp³-hybridized carbons (Fsp3) is 0.556. The highest BCUT2D eigenvalue weighted by Gasteiger charge is 2.37. The zero-order chi connectivity index (χ0) is 35.2. The van der Waals surface area contributed by atoms with Crippen LogP contribution in [0.3, 0.4) is 0 Å². The first-order valence-electron chi connectivity index (χ1n) is 17.7. The lowest BCUT2D eigenvalue weighted by molar-refractivity contribution is -0.142. The van der Waals surface area contributed by atoms with Gasteiger partial charge in [0.05, 0.1) is 11.0 Å². The first-order valence-corrected chi connectivity index (χ1v) is 18.5. The summed E-state index contributed by atoms with van der Waals surface area (Å²) in [6.45, 7) is 4.39. The number of phenolic OH excluding ortho intramolecular Hbond substituents is 1. The van der Waals surface area contributed by atoms with Crippen LogP contribution in [0.1, 0.15) is 49.7 Å². The molecule has 0 spiro atoms. The van der Waals surface area contributed by atoms with E-state index in [-0.39, 0.29) is 36.7 Å². The first kappa shape index (κ1) is 35.9. The predicted molar refractivity (Wildman–Crippen MR) is 189 cm³/mol. The van der Waals surface area contributed by atoms with E-state index in [1.54, 1.807) is 28.6 Å². The average Bonchev–Trinajstić information content (AvgIpc) is 3.31. The third-order valence-electron chi connectivity index (χ3n) is 10.9. The molecule has 0 aliphatic carbocycles. The standard InChI is InChI=1S/C36H47BrN6O7/c37-29-21-24(5-6-31(29)44)22-32(34(46)41-16-9-26(10-17-41)25-7-14-40(15-8-25)23-33(45)39-49)50-36(48)42-18-12-28(13-19-42)43-20-11-27-3-1-2-4-30(27)38-35(43)47/h1-6,21,25-26,28,32,44,49H,7-20,22-23H2,(H,38,47)(H,39,45)/t32-/m1/s1. The number of amides is 5. The second kappa shape index (κ2) is 16.4. The number of fused-ring (bicyclic) bond motifs is 1. The number of hydrogen-bond acceptors (Lipinski definition) is 8. The number of likely N-dealkylation sites (tertiary alicyclic amines) is 3. The smallest absolute Gasteiger partial charge is 0.410 e. The zero-order valence-corrected chi connectivity index (χ0v) is 29.9. The van der Waals surface area contributed by atoms with E-state index in [2.05, 4.69) is 26.1 Å². The van der Waals surface area contributed by atoms with Gasteiger partial charge in [-0.05, 0) is 115 Å². The first-order chi connectivity index (χ1) is 24.2. The van der Waals surface area contributed by atoms with Crippen molar-refractivity contribution in [3.05, 3.63) is 58.1 Å². The van der Waals surface area contributed by atoms with Crippen LogP contribution in [0.5, 0.6) is 5.75 Å². The number of para-hydroxylation sites is 1. The number of hydrogen-bond donors (Lipinski definition) is 4. The quantitative estimate of drug-likeness (QED) is 0.231. The molecule has 5 amide bonds. The summed E-state index contributed by atoms with van der Waals surface area (Å²) in [7, 11) is 0. The highest BCUT2D eigenvalue weighted by atomic mass is 79.9. The molecule has 3 fully saturated rings. The van der Waals surface area contributed by atoms with Gasteiger partial charge in [-0.1, -0.05) is 24.3 Å². The van der Waals surface area contributed by atoms with Crippen molar-refractivity contribution in [2.24, 2.45) is 11.8 Å². The minimum Gasteiger partial charge on any atom is -0.507 e. The largest absolute Gasteiger partial charge is 0.507 e. The molecular weight excluding hydrogens is 708 g/mol. The number of urea groups is 1. The fourth-order valence-corrected chi connectivity index (χ4v) is 8.41. The van der Waals surface area contributed by atoms with E-state index in [1.807, 2.05) is 34.1 Å². The van der Waals surface area contributed by atoms with Gasteiger partial charge in [0.2, 0.25) is 0 Å². The second-order valence-corrected chi connectivity index (χ2v) is 14.8. The van der Waals surface area contributed by atoms with Crippen LogP contribution < -0.4 is 10.8 Å². The van der Waals surface area contributed by atoms with Gasteiger partial charge in [0.1, 0.15) is 5.75 Å². The van der Waals surface area contributed by atoms with Crippen molar-refractivity contribution in [1.29, 1.82) is 0 Å². The number of ether oxygens (including phenoxy) is 1. The van der Waals surface area contributed by atoms with Crippen LogP contribution in [0.15, 0.2) is 46.9 Å². The van der Waals surface area contributed by atoms with E-state index in [0.717, 1.165) is 62.0 Å². The molecule has 0 saturated carbocycles. The summed E-state index contributed by atoms with van der Waals surface area (Å²) >= 11 is 3.35. The monoisotopic (exact) mass is 754 g/mol. The molecule has 0 bridgehead atoms. The Bertz CT molecular complexity index is 1540. The molecule has 0 aromatic heterocycles. The van der Waals surface area contributed by atoms with Gasteiger partial charge in [0, 0.05) is 50.9 Å². The normalized spacial score (nSPS) is 20.4. The maximum atomic E-state index is 14.0. The molecule has 4 aliphatic heterocycles. The van der Waals surface area contributed by atoms with Gasteiger partial charge in [-0.2, -0.15) is 0 Å². The molecular formula is C36H47BrN6O7. The fourth-order valence-electron chi connectivity index (χ4n) is 7.98. The number of phenols is 1. The van der Waals surface area contributed by atoms with Gasteiger partial charge in [-0.15, -0.1) is 0 Å². The Morgan fingerprint density at radius 1 is 0.900 bits per heavy atom. The molecule has 0 unspecified atom stereocenters. The molecule has 2 aromatic carbocycles. The summed E-state index contributed by atoms with van der Waals surface area (Å²) < 4.78 is 6.51. The number of anilines is 1. The Morgan fingerprint density at radius 2 is 1.56 bits per heavy atom. The van der Waals surface area contributed by atoms with E-state index in [9.17, 15) is 24.3 Å². The number of halogens is 1. The molecule has 3 saturated heterocycles. The summed E-state index contributed by atoms with van der Waals surface area (Å²) in [5.41, 5.74) is 4.41. The number of carbonyl (C=O) groups is 4. The van der Waals surface area contributed by atoms with Crippen molar-refractivity contribution < 1.29 is 34.2 Å². The van der Waals surface area contributed by atoms with Gasteiger partial charge in [-0.3, -0.25) is 19.7 Å². The SMILES string of the molecule is O=C(CN1CCC(C2CCN(C(=O)[C@@H](Cc3ccc(O)c(Br)c3)OC(=O)N3CCC(N4CCc5ccccc5NC4=O)CC3)CC2)CC1)NO. The van der Waals surface area contributed by atoms with Gasteiger partial charge in [-0.25, -0.2) is 15.1 Å². The van der Waals surface area contributed by atoms with Crippen molar-refractivity contribution in [2.45, 2.75) is 63.5 Å². The van der Waals surface area contributed by atoms with E-state index in [0.29, 0.717) is 61.9 Å². The zero-order valence-electron chi connectivity index (χ0n) is 28.3. The Labute approximate surface area is 301 Å². The van der Waals surface area contributed by atoms with E-state index < -0.39 is 18.1 Å². The molecule has 0 radical (unpaired) electrons. The van der Waals surface area contributed by atoms with Crippen molar-refractivity contribution >= 4 is 45.6 Å². The third-order valence-corrected chi connectivity index (χ3v) is 11.5. The number of rotatable bonds is 8. The van der Waals surface area contributed by atoms with Crippen LogP contribution in [0, 0.1) is 11.8 Å². The van der Waals surface area contributed by atoms with Crippen LogP contribution in [-0.4, -0.2) is 118 Å². The Morgan fingerprint density at radius 3 is 2.24 bits per heavy atom. The maximum Gasteiger partial charge on any atom is 0.410 e. The Kier molecular flexibility index (Phi) is 11.8.